The Morgan fingerprint density at radius 1 is 1.33 bits per heavy atom. The summed E-state index contributed by atoms with van der Waals surface area (Å²) in [5.74, 6) is 0.646. The van der Waals surface area contributed by atoms with Gasteiger partial charge in [0.1, 0.15) is 0 Å². The van der Waals surface area contributed by atoms with E-state index in [2.05, 4.69) is 43.2 Å². The molecule has 4 nitrogen and oxygen atoms in total. The molecule has 2 fully saturated rings. The summed E-state index contributed by atoms with van der Waals surface area (Å²) in [6.45, 7) is 12.3. The summed E-state index contributed by atoms with van der Waals surface area (Å²) in [6.07, 6.45) is 3.59. The van der Waals surface area contributed by atoms with E-state index in [1.54, 1.807) is 11.3 Å². The van der Waals surface area contributed by atoms with Crippen molar-refractivity contribution >= 4 is 17.2 Å². The van der Waals surface area contributed by atoms with Crippen LogP contribution in [0.25, 0.3) is 0 Å². The summed E-state index contributed by atoms with van der Waals surface area (Å²) in [7, 11) is 0. The van der Waals surface area contributed by atoms with Crippen LogP contribution in [-0.2, 0) is 0 Å². The van der Waals surface area contributed by atoms with E-state index in [0.29, 0.717) is 12.0 Å². The minimum absolute atomic E-state index is 0.0684. The predicted molar refractivity (Wildman–Crippen MR) is 101 cm³/mol. The maximum atomic E-state index is 12.1. The molecular formula is C19H31N3OS. The van der Waals surface area contributed by atoms with Gasteiger partial charge >= 0.3 is 0 Å². The molecule has 1 atom stereocenters. The highest BCUT2D eigenvalue weighted by Crippen LogP contribution is 2.33. The van der Waals surface area contributed by atoms with Gasteiger partial charge in [-0.3, -0.25) is 9.69 Å². The van der Waals surface area contributed by atoms with Gasteiger partial charge in [0.05, 0.1) is 0 Å². The number of thiophene rings is 1. The number of nitrogens with zero attached hydrogens (tertiary/aromatic N) is 1. The Labute approximate surface area is 150 Å². The highest BCUT2D eigenvalue weighted by atomic mass is 32.1. The van der Waals surface area contributed by atoms with Gasteiger partial charge in [-0.2, -0.15) is 11.3 Å². The molecule has 3 rings (SSSR count). The molecule has 2 N–H and O–H groups in total. The molecule has 2 aliphatic heterocycles. The van der Waals surface area contributed by atoms with Crippen molar-refractivity contribution in [3.8, 4) is 0 Å². The molecule has 5 heteroatoms. The van der Waals surface area contributed by atoms with Crippen LogP contribution in [0.15, 0.2) is 16.8 Å². The lowest BCUT2D eigenvalue weighted by molar-refractivity contribution is 0.0781. The number of likely N-dealkylation sites (tertiary alicyclic amines) is 1. The normalized spacial score (nSPS) is 27.2. The van der Waals surface area contributed by atoms with E-state index in [1.165, 1.54) is 19.3 Å². The molecule has 2 saturated heterocycles. The number of nitrogens with one attached hydrogen (secondary N) is 2. The minimum Gasteiger partial charge on any atom is -0.352 e. The highest BCUT2D eigenvalue weighted by Gasteiger charge is 2.41. The fraction of sp³-hybridized carbons (Fsp3) is 0.737. The second-order valence-corrected chi connectivity index (χ2v) is 9.61. The number of amides is 1. The molecule has 3 heterocycles. The lowest BCUT2D eigenvalue weighted by atomic mass is 9.79. The Morgan fingerprint density at radius 2 is 2.04 bits per heavy atom. The summed E-state index contributed by atoms with van der Waals surface area (Å²) in [5.41, 5.74) is 1.17. The Morgan fingerprint density at radius 3 is 2.67 bits per heavy atom. The Balaban J connectivity index is 1.51. The van der Waals surface area contributed by atoms with Gasteiger partial charge in [0.2, 0.25) is 0 Å². The molecule has 24 heavy (non-hydrogen) atoms. The molecule has 2 aliphatic rings. The van der Waals surface area contributed by atoms with Crippen LogP contribution in [0.5, 0.6) is 0 Å². The van der Waals surface area contributed by atoms with Gasteiger partial charge < -0.3 is 10.6 Å². The van der Waals surface area contributed by atoms with Gasteiger partial charge in [-0.25, -0.2) is 0 Å². The van der Waals surface area contributed by atoms with E-state index in [4.69, 9.17) is 0 Å². The van der Waals surface area contributed by atoms with Crippen LogP contribution >= 0.6 is 11.3 Å². The van der Waals surface area contributed by atoms with Gasteiger partial charge in [-0.15, -0.1) is 0 Å². The van der Waals surface area contributed by atoms with Crippen LogP contribution in [0.3, 0.4) is 0 Å². The minimum atomic E-state index is 0.0684. The largest absolute Gasteiger partial charge is 0.352 e. The zero-order chi connectivity index (χ0) is 17.4. The zero-order valence-electron chi connectivity index (χ0n) is 15.4. The Hall–Kier alpha value is -0.910. The Bertz CT molecular complexity index is 551. The van der Waals surface area contributed by atoms with Crippen LogP contribution in [-0.4, -0.2) is 47.6 Å². The topological polar surface area (TPSA) is 44.4 Å². The van der Waals surface area contributed by atoms with Crippen LogP contribution in [0.1, 0.15) is 57.3 Å². The zero-order valence-corrected chi connectivity index (χ0v) is 16.2. The number of hydrogen-bond donors (Lipinski definition) is 2. The number of rotatable bonds is 4. The molecule has 1 amide bonds. The third-order valence-corrected chi connectivity index (χ3v) is 6.02. The standard InChI is InChI=1S/C19H31N3OS/c1-18(2)9-16(10-19(3,4)21-18)22-7-5-14(12-22)11-20-17(23)15-6-8-24-13-15/h6,8,13-14,16,21H,5,7,9-12H2,1-4H3,(H,20,23)/t14-/m1/s1. The van der Waals surface area contributed by atoms with Crippen molar-refractivity contribution in [1.29, 1.82) is 0 Å². The van der Waals surface area contributed by atoms with Gasteiger partial charge in [0.15, 0.2) is 0 Å². The van der Waals surface area contributed by atoms with Gasteiger partial charge in [-0.1, -0.05) is 0 Å². The second kappa shape index (κ2) is 6.77. The molecule has 1 aromatic rings. The maximum absolute atomic E-state index is 12.1. The molecule has 1 aromatic heterocycles. The van der Waals surface area contributed by atoms with E-state index in [0.717, 1.165) is 25.2 Å². The van der Waals surface area contributed by atoms with Gasteiger partial charge in [0.25, 0.3) is 5.91 Å². The van der Waals surface area contributed by atoms with Gasteiger partial charge in [0, 0.05) is 41.2 Å². The van der Waals surface area contributed by atoms with E-state index in [1.807, 2.05) is 16.8 Å². The monoisotopic (exact) mass is 349 g/mol. The summed E-state index contributed by atoms with van der Waals surface area (Å²) >= 11 is 1.57. The fourth-order valence-corrected chi connectivity index (χ4v) is 5.26. The van der Waals surface area contributed by atoms with E-state index in [9.17, 15) is 4.79 Å². The molecule has 0 spiro atoms. The second-order valence-electron chi connectivity index (χ2n) is 8.83. The first-order chi connectivity index (χ1) is 11.2. The molecule has 134 valence electrons. The van der Waals surface area contributed by atoms with Crippen molar-refractivity contribution in [2.24, 2.45) is 5.92 Å². The highest BCUT2D eigenvalue weighted by molar-refractivity contribution is 7.08. The average molecular weight is 350 g/mol. The van der Waals surface area contributed by atoms with Crippen LogP contribution in [0.4, 0.5) is 0 Å². The van der Waals surface area contributed by atoms with Crippen molar-refractivity contribution in [2.45, 2.75) is 64.1 Å². The lowest BCUT2D eigenvalue weighted by Gasteiger charge is -2.49. The van der Waals surface area contributed by atoms with Crippen molar-refractivity contribution in [2.75, 3.05) is 19.6 Å². The van der Waals surface area contributed by atoms with Crippen molar-refractivity contribution < 1.29 is 4.79 Å². The molecule has 0 saturated carbocycles. The summed E-state index contributed by atoms with van der Waals surface area (Å²) in [5, 5.41) is 10.7. The SMILES string of the molecule is CC1(C)CC(N2CC[C@H](CNC(=O)c3ccsc3)C2)CC(C)(C)N1. The summed E-state index contributed by atoms with van der Waals surface area (Å²) in [4.78, 5) is 14.7. The van der Waals surface area contributed by atoms with E-state index in [-0.39, 0.29) is 17.0 Å². The number of carbonyl (C=O) groups is 1. The van der Waals surface area contributed by atoms with Crippen LogP contribution in [0, 0.1) is 5.92 Å². The molecule has 0 aromatic carbocycles. The molecule has 0 bridgehead atoms. The molecule has 0 unspecified atom stereocenters. The molecule has 0 aliphatic carbocycles. The first-order valence-electron chi connectivity index (χ1n) is 9.08. The first-order valence-corrected chi connectivity index (χ1v) is 10.0. The van der Waals surface area contributed by atoms with Gasteiger partial charge in [-0.05, 0) is 70.9 Å². The van der Waals surface area contributed by atoms with Crippen molar-refractivity contribution in [3.05, 3.63) is 22.4 Å². The van der Waals surface area contributed by atoms with E-state index >= 15 is 0 Å². The first kappa shape index (κ1) is 17.9. The average Bonchev–Trinajstić information content (AvgIpc) is 3.13. The van der Waals surface area contributed by atoms with Crippen molar-refractivity contribution in [3.63, 3.8) is 0 Å². The van der Waals surface area contributed by atoms with Crippen LogP contribution < -0.4 is 10.6 Å². The lowest BCUT2D eigenvalue weighted by Crippen LogP contribution is -2.62. The van der Waals surface area contributed by atoms with E-state index < -0.39 is 0 Å². The van der Waals surface area contributed by atoms with Crippen LogP contribution in [0.2, 0.25) is 0 Å². The quantitative estimate of drug-likeness (QED) is 0.878. The third kappa shape index (κ3) is 4.38. The molecule has 0 radical (unpaired) electrons. The number of hydrogen-bond acceptors (Lipinski definition) is 4. The molecular weight excluding hydrogens is 318 g/mol. The number of piperidine rings is 1. The van der Waals surface area contributed by atoms with Crippen molar-refractivity contribution in [1.82, 2.24) is 15.5 Å². The predicted octanol–water partition coefficient (Wildman–Crippen LogP) is 3.11. The summed E-state index contributed by atoms with van der Waals surface area (Å²) < 4.78 is 0. The smallest absolute Gasteiger partial charge is 0.252 e. The third-order valence-electron chi connectivity index (χ3n) is 5.34. The summed E-state index contributed by atoms with van der Waals surface area (Å²) in [6, 6.07) is 2.54. The Kier molecular flexibility index (Phi) is 5.05. The fourth-order valence-electron chi connectivity index (χ4n) is 4.62. The number of carbonyl (C=O) groups excluding carboxylic acids is 1. The maximum Gasteiger partial charge on any atom is 0.252 e.